The van der Waals surface area contributed by atoms with E-state index in [1.807, 2.05) is 0 Å². The van der Waals surface area contributed by atoms with E-state index in [9.17, 15) is 26.4 Å². The van der Waals surface area contributed by atoms with Gasteiger partial charge in [-0.25, -0.2) is 36.5 Å². The van der Waals surface area contributed by atoms with Gasteiger partial charge in [0.15, 0.2) is 11.5 Å². The van der Waals surface area contributed by atoms with Crippen LogP contribution in [0.15, 0.2) is 36.8 Å². The molecule has 1 amide bonds. The van der Waals surface area contributed by atoms with Crippen molar-refractivity contribution in [2.24, 2.45) is 13.0 Å². The summed E-state index contributed by atoms with van der Waals surface area (Å²) in [5, 5.41) is 5.75. The largest absolute Gasteiger partial charge is 0.358 e. The first-order valence-electron chi connectivity index (χ1n) is 14.0. The molecule has 16 heteroatoms. The molecule has 1 saturated heterocycles. The van der Waals surface area contributed by atoms with Crippen molar-refractivity contribution >= 4 is 50.0 Å². The number of nitrogens with zero attached hydrogens (tertiary/aromatic N) is 6. The second kappa shape index (κ2) is 11.4. The lowest BCUT2D eigenvalue weighted by atomic mass is 10.1. The monoisotopic (exact) mass is 632 g/mol. The Balaban J connectivity index is 1.51. The average Bonchev–Trinajstić information content (AvgIpc) is 3.37. The maximum atomic E-state index is 14.4. The maximum absolute atomic E-state index is 14.4. The molecular formula is C28H31F3N8O4S. The van der Waals surface area contributed by atoms with Crippen LogP contribution in [0.5, 0.6) is 0 Å². The molecule has 2 N–H and O–H groups in total. The summed E-state index contributed by atoms with van der Waals surface area (Å²) >= 11 is 0. The number of aryl methyl sites for hydroxylation is 1. The molecule has 3 aromatic heterocycles. The van der Waals surface area contributed by atoms with E-state index in [4.69, 9.17) is 4.74 Å². The van der Waals surface area contributed by atoms with E-state index < -0.39 is 46.5 Å². The van der Waals surface area contributed by atoms with Crippen LogP contribution < -0.4 is 14.9 Å². The Bertz CT molecular complexity index is 1840. The predicted octanol–water partition coefficient (Wildman–Crippen LogP) is 4.90. The van der Waals surface area contributed by atoms with Crippen molar-refractivity contribution in [2.75, 3.05) is 34.8 Å². The molecule has 44 heavy (non-hydrogen) atoms. The summed E-state index contributed by atoms with van der Waals surface area (Å²) in [4.78, 5) is 25.5. The van der Waals surface area contributed by atoms with E-state index in [1.54, 1.807) is 42.3 Å². The molecule has 12 nitrogen and oxygen atoms in total. The third kappa shape index (κ3) is 5.70. The maximum Gasteiger partial charge on any atom is 0.295 e. The molecule has 1 aliphatic heterocycles. The zero-order valence-electron chi connectivity index (χ0n) is 24.2. The van der Waals surface area contributed by atoms with E-state index in [2.05, 4.69) is 25.6 Å². The molecule has 1 unspecified atom stereocenters. The first kappa shape index (κ1) is 29.9. The highest BCUT2D eigenvalue weighted by atomic mass is 32.2. The number of fused-ring (bicyclic) bond motifs is 1. The number of halogens is 3. The number of anilines is 4. The van der Waals surface area contributed by atoms with Crippen molar-refractivity contribution < 1.29 is 31.1 Å². The Morgan fingerprint density at radius 3 is 2.57 bits per heavy atom. The van der Waals surface area contributed by atoms with Crippen molar-refractivity contribution in [1.82, 2.24) is 24.1 Å². The molecule has 1 aromatic carbocycles. The van der Waals surface area contributed by atoms with Gasteiger partial charge in [-0.3, -0.25) is 13.7 Å². The van der Waals surface area contributed by atoms with Gasteiger partial charge in [-0.15, -0.1) is 0 Å². The highest BCUT2D eigenvalue weighted by molar-refractivity contribution is 7.92. The average molecular weight is 633 g/mol. The molecule has 2 aliphatic rings. The van der Waals surface area contributed by atoms with Gasteiger partial charge in [0, 0.05) is 32.3 Å². The van der Waals surface area contributed by atoms with Gasteiger partial charge in [0.2, 0.25) is 15.9 Å². The summed E-state index contributed by atoms with van der Waals surface area (Å²) in [6.45, 7) is 0.373. The standard InChI is InChI=1S/C28H31F3N8O4S/c1-37-14-32-13-21(37)15-7-8-18(20(10-15)38(2)44(3,41)42)33-19-12-22(35-28(40)16-11-17(16)29)34-26-24(19)36-27(25(30)31)39(26)23-6-4-5-9-43-23/h7-8,10,12-14,16-17,23,25H,4-6,9,11H2,1-3H3,(H2,33,34,35,40)/t16-,17-,23?/m0/s1. The van der Waals surface area contributed by atoms with E-state index in [0.717, 1.165) is 29.1 Å². The highest BCUT2D eigenvalue weighted by Gasteiger charge is 2.44. The van der Waals surface area contributed by atoms with Crippen LogP contribution in [0, 0.1) is 5.92 Å². The van der Waals surface area contributed by atoms with E-state index in [0.29, 0.717) is 24.3 Å². The Morgan fingerprint density at radius 2 is 1.95 bits per heavy atom. The number of sulfonamides is 1. The normalized spacial score (nSPS) is 20.2. The highest BCUT2D eigenvalue weighted by Crippen LogP contribution is 2.40. The fourth-order valence-corrected chi connectivity index (χ4v) is 5.78. The van der Waals surface area contributed by atoms with Crippen LogP contribution in [-0.4, -0.2) is 64.5 Å². The summed E-state index contributed by atoms with van der Waals surface area (Å²) < 4.78 is 77.7. The summed E-state index contributed by atoms with van der Waals surface area (Å²) in [7, 11) is -0.543. The number of carbonyl (C=O) groups is 1. The quantitative estimate of drug-likeness (QED) is 0.266. The zero-order chi connectivity index (χ0) is 31.3. The number of hydrogen-bond donors (Lipinski definition) is 2. The van der Waals surface area contributed by atoms with Crippen molar-refractivity contribution in [1.29, 1.82) is 0 Å². The fourth-order valence-electron chi connectivity index (χ4n) is 5.28. The third-order valence-electron chi connectivity index (χ3n) is 7.83. The number of aromatic nitrogens is 5. The summed E-state index contributed by atoms with van der Waals surface area (Å²) in [6, 6.07) is 6.48. The van der Waals surface area contributed by atoms with Gasteiger partial charge in [0.1, 0.15) is 23.7 Å². The second-order valence-electron chi connectivity index (χ2n) is 11.0. The number of amides is 1. The molecule has 0 radical (unpaired) electrons. The van der Waals surface area contributed by atoms with Crippen molar-refractivity contribution in [2.45, 2.75) is 44.5 Å². The van der Waals surface area contributed by atoms with Crippen LogP contribution in [0.2, 0.25) is 0 Å². The van der Waals surface area contributed by atoms with Crippen molar-refractivity contribution in [3.05, 3.63) is 42.6 Å². The van der Waals surface area contributed by atoms with Gasteiger partial charge in [-0.2, -0.15) is 0 Å². The molecule has 3 atom stereocenters. The summed E-state index contributed by atoms with van der Waals surface area (Å²) in [5.74, 6) is -1.97. The molecular weight excluding hydrogens is 601 g/mol. The minimum absolute atomic E-state index is 0.00796. The van der Waals surface area contributed by atoms with Gasteiger partial charge in [0.05, 0.1) is 47.5 Å². The lowest BCUT2D eigenvalue weighted by molar-refractivity contribution is -0.117. The lowest BCUT2D eigenvalue weighted by Gasteiger charge is -2.25. The first-order valence-corrected chi connectivity index (χ1v) is 15.9. The number of alkyl halides is 3. The van der Waals surface area contributed by atoms with Crippen LogP contribution in [-0.2, 0) is 26.6 Å². The van der Waals surface area contributed by atoms with Gasteiger partial charge in [0.25, 0.3) is 6.43 Å². The Kier molecular flexibility index (Phi) is 7.73. The number of ether oxygens (including phenoxy) is 1. The second-order valence-corrected chi connectivity index (χ2v) is 13.0. The van der Waals surface area contributed by atoms with Crippen LogP contribution in [0.25, 0.3) is 22.4 Å². The van der Waals surface area contributed by atoms with E-state index >= 15 is 0 Å². The Labute approximate surface area is 251 Å². The lowest BCUT2D eigenvalue weighted by Crippen LogP contribution is -2.25. The third-order valence-corrected chi connectivity index (χ3v) is 9.02. The molecule has 4 aromatic rings. The molecule has 6 rings (SSSR count). The number of imidazole rings is 2. The molecule has 2 fully saturated rings. The Morgan fingerprint density at radius 1 is 1.18 bits per heavy atom. The SMILES string of the molecule is CN(c1cc(-c2cncn2C)ccc1Nc1cc(NC(=O)[C@H]2C[C@@H]2F)nc2c1nc(C(F)F)n2C1CCCCO1)S(C)(=O)=O. The predicted molar refractivity (Wildman–Crippen MR) is 158 cm³/mol. The number of hydrogen-bond acceptors (Lipinski definition) is 8. The van der Waals surface area contributed by atoms with Gasteiger partial charge < -0.3 is 19.9 Å². The van der Waals surface area contributed by atoms with Crippen LogP contribution in [0.4, 0.5) is 36.1 Å². The minimum atomic E-state index is -3.74. The number of benzene rings is 1. The van der Waals surface area contributed by atoms with Crippen LogP contribution in [0.3, 0.4) is 0 Å². The number of carbonyl (C=O) groups excluding carboxylic acids is 1. The number of pyridine rings is 1. The molecule has 1 aliphatic carbocycles. The summed E-state index contributed by atoms with van der Waals surface area (Å²) in [6.07, 6.45) is 1.41. The number of nitrogens with one attached hydrogen (secondary N) is 2. The fraction of sp³-hybridized carbons (Fsp3) is 0.429. The van der Waals surface area contributed by atoms with E-state index in [-0.39, 0.29) is 34.8 Å². The van der Waals surface area contributed by atoms with E-state index in [1.165, 1.54) is 17.7 Å². The van der Waals surface area contributed by atoms with Crippen LogP contribution in [0.1, 0.15) is 44.2 Å². The smallest absolute Gasteiger partial charge is 0.295 e. The van der Waals surface area contributed by atoms with Gasteiger partial charge in [-0.1, -0.05) is 6.07 Å². The van der Waals surface area contributed by atoms with Crippen molar-refractivity contribution in [3.8, 4) is 11.3 Å². The van der Waals surface area contributed by atoms with Gasteiger partial charge in [-0.05, 0) is 37.8 Å². The van der Waals surface area contributed by atoms with Crippen molar-refractivity contribution in [3.63, 3.8) is 0 Å². The molecule has 1 saturated carbocycles. The number of rotatable bonds is 9. The van der Waals surface area contributed by atoms with Gasteiger partial charge >= 0.3 is 0 Å². The molecule has 0 spiro atoms. The molecule has 234 valence electrons. The Hall–Kier alpha value is -4.18. The van der Waals surface area contributed by atoms with Crippen LogP contribution >= 0.6 is 0 Å². The first-order chi connectivity index (χ1) is 20.9. The molecule has 0 bridgehead atoms. The summed E-state index contributed by atoms with van der Waals surface area (Å²) in [5.41, 5.74) is 2.24. The minimum Gasteiger partial charge on any atom is -0.358 e. The zero-order valence-corrected chi connectivity index (χ0v) is 25.0. The molecule has 4 heterocycles. The topological polar surface area (TPSA) is 136 Å².